The maximum atomic E-state index is 9.26. The van der Waals surface area contributed by atoms with Gasteiger partial charge in [0, 0.05) is 25.6 Å². The fourth-order valence-corrected chi connectivity index (χ4v) is 1.49. The summed E-state index contributed by atoms with van der Waals surface area (Å²) in [5.41, 5.74) is 6.75. The van der Waals surface area contributed by atoms with Crippen LogP contribution in [0.4, 0.5) is 0 Å². The van der Waals surface area contributed by atoms with Crippen molar-refractivity contribution < 1.29 is 5.11 Å². The highest BCUT2D eigenvalue weighted by Crippen LogP contribution is 2.08. The van der Waals surface area contributed by atoms with Crippen LogP contribution < -0.4 is 10.9 Å². The summed E-state index contributed by atoms with van der Waals surface area (Å²) in [5, 5.41) is 17.1. The van der Waals surface area contributed by atoms with E-state index in [1.807, 2.05) is 0 Å². The molecule has 0 aromatic carbocycles. The van der Waals surface area contributed by atoms with Gasteiger partial charge in [0.2, 0.25) is 0 Å². The molecule has 1 unspecified atom stereocenters. The normalized spacial score (nSPS) is 20.1. The summed E-state index contributed by atoms with van der Waals surface area (Å²) in [6.45, 7) is 4.42. The van der Waals surface area contributed by atoms with E-state index in [-0.39, 0.29) is 0 Å². The zero-order valence-electron chi connectivity index (χ0n) is 8.14. The maximum Gasteiger partial charge on any atom is 0.111 e. The van der Waals surface area contributed by atoms with Crippen molar-refractivity contribution in [3.05, 3.63) is 11.9 Å². The van der Waals surface area contributed by atoms with Crippen molar-refractivity contribution in [1.82, 2.24) is 25.8 Å². The molecule has 14 heavy (non-hydrogen) atoms. The summed E-state index contributed by atoms with van der Waals surface area (Å²) in [7, 11) is 0. The third-order valence-corrected chi connectivity index (χ3v) is 2.34. The third-order valence-electron chi connectivity index (χ3n) is 2.34. The Hall–Kier alpha value is -0.980. The molecule has 0 aliphatic carbocycles. The maximum absolute atomic E-state index is 9.26. The van der Waals surface area contributed by atoms with Crippen molar-refractivity contribution in [3.63, 3.8) is 0 Å². The number of aliphatic hydroxyl groups excluding tert-OH is 1. The van der Waals surface area contributed by atoms with E-state index in [4.69, 9.17) is 0 Å². The van der Waals surface area contributed by atoms with Crippen molar-refractivity contribution in [3.8, 4) is 0 Å². The van der Waals surface area contributed by atoms with Crippen molar-refractivity contribution >= 4 is 0 Å². The van der Waals surface area contributed by atoms with Gasteiger partial charge < -0.3 is 5.11 Å². The lowest BCUT2D eigenvalue weighted by Crippen LogP contribution is -2.21. The Morgan fingerprint density at radius 1 is 1.64 bits per heavy atom. The fraction of sp³-hybridized carbons (Fsp3) is 0.750. The van der Waals surface area contributed by atoms with E-state index in [0.29, 0.717) is 11.6 Å². The SMILES string of the molecule is CC(O)c1cn(CC2CNNC2)nn1. The average Bonchev–Trinajstić information content (AvgIpc) is 2.75. The van der Waals surface area contributed by atoms with Gasteiger partial charge in [-0.1, -0.05) is 5.21 Å². The molecule has 0 radical (unpaired) electrons. The molecule has 78 valence electrons. The third kappa shape index (κ3) is 2.09. The van der Waals surface area contributed by atoms with Gasteiger partial charge in [-0.05, 0) is 6.92 Å². The van der Waals surface area contributed by atoms with Crippen LogP contribution in [0.5, 0.6) is 0 Å². The Balaban J connectivity index is 1.95. The summed E-state index contributed by atoms with van der Waals surface area (Å²) in [6.07, 6.45) is 1.26. The van der Waals surface area contributed by atoms with Crippen LogP contribution in [0.15, 0.2) is 6.20 Å². The van der Waals surface area contributed by atoms with E-state index >= 15 is 0 Å². The van der Waals surface area contributed by atoms with E-state index in [1.54, 1.807) is 17.8 Å². The minimum absolute atomic E-state index is 0.538. The number of rotatable bonds is 3. The van der Waals surface area contributed by atoms with Gasteiger partial charge >= 0.3 is 0 Å². The molecule has 1 fully saturated rings. The van der Waals surface area contributed by atoms with E-state index in [0.717, 1.165) is 19.6 Å². The zero-order chi connectivity index (χ0) is 9.97. The molecule has 2 rings (SSSR count). The minimum atomic E-state index is -0.538. The number of hydrazine groups is 1. The molecule has 1 aromatic heterocycles. The average molecular weight is 197 g/mol. The van der Waals surface area contributed by atoms with Crippen LogP contribution in [0.1, 0.15) is 18.7 Å². The Bertz CT molecular complexity index is 292. The van der Waals surface area contributed by atoms with Crippen LogP contribution in [0.3, 0.4) is 0 Å². The lowest BCUT2D eigenvalue weighted by atomic mass is 10.2. The van der Waals surface area contributed by atoms with Crippen molar-refractivity contribution in [2.45, 2.75) is 19.6 Å². The smallest absolute Gasteiger partial charge is 0.111 e. The van der Waals surface area contributed by atoms with Gasteiger partial charge in [-0.3, -0.25) is 15.5 Å². The topological polar surface area (TPSA) is 75.0 Å². The predicted molar refractivity (Wildman–Crippen MR) is 50.2 cm³/mol. The van der Waals surface area contributed by atoms with Gasteiger partial charge in [-0.2, -0.15) is 0 Å². The van der Waals surface area contributed by atoms with Crippen molar-refractivity contribution in [1.29, 1.82) is 0 Å². The van der Waals surface area contributed by atoms with Crippen LogP contribution in [-0.2, 0) is 6.54 Å². The van der Waals surface area contributed by atoms with E-state index in [1.165, 1.54) is 0 Å². The molecule has 1 atom stereocenters. The molecule has 1 saturated heterocycles. The van der Waals surface area contributed by atoms with Crippen molar-refractivity contribution in [2.24, 2.45) is 5.92 Å². The van der Waals surface area contributed by atoms with Crippen LogP contribution in [-0.4, -0.2) is 33.2 Å². The van der Waals surface area contributed by atoms with Gasteiger partial charge in [0.05, 0.1) is 12.3 Å². The molecule has 2 heterocycles. The molecule has 3 N–H and O–H groups in total. The molecular weight excluding hydrogens is 182 g/mol. The van der Waals surface area contributed by atoms with E-state index in [9.17, 15) is 5.11 Å². The Kier molecular flexibility index (Phi) is 2.76. The first kappa shape index (κ1) is 9.57. The second-order valence-corrected chi connectivity index (χ2v) is 3.67. The molecule has 0 spiro atoms. The number of hydrogen-bond donors (Lipinski definition) is 3. The first-order chi connectivity index (χ1) is 6.75. The monoisotopic (exact) mass is 197 g/mol. The van der Waals surface area contributed by atoms with Gasteiger partial charge in [0.25, 0.3) is 0 Å². The lowest BCUT2D eigenvalue weighted by Gasteiger charge is -2.05. The molecule has 0 bridgehead atoms. The highest BCUT2D eigenvalue weighted by molar-refractivity contribution is 4.95. The molecular formula is C8H15N5O. The largest absolute Gasteiger partial charge is 0.387 e. The summed E-state index contributed by atoms with van der Waals surface area (Å²) < 4.78 is 1.78. The van der Waals surface area contributed by atoms with E-state index in [2.05, 4.69) is 21.2 Å². The molecule has 1 aromatic rings. The number of nitrogens with one attached hydrogen (secondary N) is 2. The molecule has 0 saturated carbocycles. The van der Waals surface area contributed by atoms with Gasteiger partial charge in [-0.25, -0.2) is 0 Å². The van der Waals surface area contributed by atoms with Crippen LogP contribution in [0.25, 0.3) is 0 Å². The molecule has 6 nitrogen and oxygen atoms in total. The standard InChI is InChI=1S/C8H15N5O/c1-6(14)8-5-13(12-11-8)4-7-2-9-10-3-7/h5-7,9-10,14H,2-4H2,1H3. The van der Waals surface area contributed by atoms with Gasteiger partial charge in [-0.15, -0.1) is 5.10 Å². The lowest BCUT2D eigenvalue weighted by molar-refractivity contribution is 0.194. The predicted octanol–water partition coefficient (Wildman–Crippen LogP) is -0.945. The van der Waals surface area contributed by atoms with Gasteiger partial charge in [0.1, 0.15) is 5.69 Å². The second kappa shape index (κ2) is 4.04. The first-order valence-corrected chi connectivity index (χ1v) is 4.79. The first-order valence-electron chi connectivity index (χ1n) is 4.79. The summed E-state index contributed by atoms with van der Waals surface area (Å²) in [5.74, 6) is 0.540. The van der Waals surface area contributed by atoms with Crippen LogP contribution >= 0.6 is 0 Å². The molecule has 1 aliphatic heterocycles. The van der Waals surface area contributed by atoms with Crippen molar-refractivity contribution in [2.75, 3.05) is 13.1 Å². The molecule has 6 heteroatoms. The number of hydrogen-bond acceptors (Lipinski definition) is 5. The Labute approximate surface area is 82.3 Å². The van der Waals surface area contributed by atoms with E-state index < -0.39 is 6.10 Å². The minimum Gasteiger partial charge on any atom is -0.387 e. The van der Waals surface area contributed by atoms with Crippen LogP contribution in [0.2, 0.25) is 0 Å². The molecule has 0 amide bonds. The Morgan fingerprint density at radius 2 is 2.36 bits per heavy atom. The summed E-state index contributed by atoms with van der Waals surface area (Å²) in [4.78, 5) is 0. The number of aliphatic hydroxyl groups is 1. The number of aromatic nitrogens is 3. The summed E-state index contributed by atoms with van der Waals surface area (Å²) >= 11 is 0. The highest BCUT2D eigenvalue weighted by Gasteiger charge is 2.15. The fourth-order valence-electron chi connectivity index (χ4n) is 1.49. The summed E-state index contributed by atoms with van der Waals surface area (Å²) in [6, 6.07) is 0. The quantitative estimate of drug-likeness (QED) is 0.583. The highest BCUT2D eigenvalue weighted by atomic mass is 16.3. The van der Waals surface area contributed by atoms with Crippen LogP contribution in [0, 0.1) is 5.92 Å². The second-order valence-electron chi connectivity index (χ2n) is 3.67. The zero-order valence-corrected chi connectivity index (χ0v) is 8.14. The van der Waals surface area contributed by atoms with Gasteiger partial charge in [0.15, 0.2) is 0 Å². The number of nitrogens with zero attached hydrogens (tertiary/aromatic N) is 3. The Morgan fingerprint density at radius 3 is 2.93 bits per heavy atom. The molecule has 1 aliphatic rings.